The molecule has 0 unspecified atom stereocenters. The Morgan fingerprint density at radius 2 is 1.97 bits per heavy atom. The van der Waals surface area contributed by atoms with Crippen LogP contribution in [0.3, 0.4) is 0 Å². The second kappa shape index (κ2) is 9.09. The van der Waals surface area contributed by atoms with Gasteiger partial charge in [0.1, 0.15) is 11.5 Å². The molecule has 0 spiro atoms. The highest BCUT2D eigenvalue weighted by Gasteiger charge is 2.29. The number of aromatic nitrogens is 3. The molecule has 1 N–H and O–H groups in total. The van der Waals surface area contributed by atoms with Gasteiger partial charge in [0.2, 0.25) is 0 Å². The lowest BCUT2D eigenvalue weighted by molar-refractivity contribution is 0.0786. The molecule has 2 aromatic heterocycles. The van der Waals surface area contributed by atoms with Crippen molar-refractivity contribution < 1.29 is 14.3 Å². The number of carbonyl (C=O) groups is 1. The predicted molar refractivity (Wildman–Crippen MR) is 124 cm³/mol. The van der Waals surface area contributed by atoms with Crippen LogP contribution >= 0.6 is 0 Å². The van der Waals surface area contributed by atoms with Gasteiger partial charge in [0.05, 0.1) is 25.2 Å². The molecule has 9 nitrogen and oxygen atoms in total. The maximum absolute atomic E-state index is 13.6. The van der Waals surface area contributed by atoms with E-state index in [1.165, 1.54) is 9.47 Å². The molecular weight excluding hydrogens is 424 g/mol. The molecule has 2 heterocycles. The van der Waals surface area contributed by atoms with Crippen LogP contribution in [-0.2, 0) is 13.1 Å². The summed E-state index contributed by atoms with van der Waals surface area (Å²) in [6.45, 7) is 2.61. The highest BCUT2D eigenvalue weighted by molar-refractivity contribution is 6.05. The first-order valence-corrected chi connectivity index (χ1v) is 11.0. The number of rotatable bonds is 8. The zero-order chi connectivity index (χ0) is 23.7. The van der Waals surface area contributed by atoms with E-state index < -0.39 is 11.2 Å². The lowest BCUT2D eigenvalue weighted by Gasteiger charge is -2.21. The highest BCUT2D eigenvalue weighted by atomic mass is 16.5. The number of hydrogen-bond donors (Lipinski definition) is 1. The fourth-order valence-corrected chi connectivity index (χ4v) is 4.00. The largest absolute Gasteiger partial charge is 0.497 e. The Bertz CT molecular complexity index is 1320. The zero-order valence-electron chi connectivity index (χ0n) is 19.3. The molecule has 0 aliphatic heterocycles. The number of nitrogens with zero attached hydrogens (tertiary/aromatic N) is 3. The first-order valence-electron chi connectivity index (χ1n) is 11.0. The van der Waals surface area contributed by atoms with Gasteiger partial charge < -0.3 is 14.4 Å². The number of methoxy groups -OCH3 is 2. The summed E-state index contributed by atoms with van der Waals surface area (Å²) in [5.41, 5.74) is 0.958. The number of aromatic amines is 1. The first-order chi connectivity index (χ1) is 15.9. The minimum Gasteiger partial charge on any atom is -0.497 e. The Kier molecular flexibility index (Phi) is 6.22. The van der Waals surface area contributed by atoms with Gasteiger partial charge in [-0.05, 0) is 37.5 Å². The van der Waals surface area contributed by atoms with Gasteiger partial charge in [-0.15, -0.1) is 0 Å². The van der Waals surface area contributed by atoms with Crippen LogP contribution in [0.5, 0.6) is 11.5 Å². The number of carbonyl (C=O) groups excluding carboxylic acids is 1. The second-order valence-corrected chi connectivity index (χ2v) is 8.32. The van der Waals surface area contributed by atoms with Crippen molar-refractivity contribution in [3.05, 3.63) is 61.9 Å². The molecule has 174 valence electrons. The Hall–Kier alpha value is -3.62. The van der Waals surface area contributed by atoms with Crippen LogP contribution in [0.15, 0.2) is 33.9 Å². The molecule has 0 radical (unpaired) electrons. The van der Waals surface area contributed by atoms with E-state index in [0.717, 1.165) is 24.1 Å². The molecule has 0 saturated heterocycles. The van der Waals surface area contributed by atoms with Gasteiger partial charge >= 0.3 is 5.69 Å². The van der Waals surface area contributed by atoms with Crippen LogP contribution < -0.4 is 20.7 Å². The number of pyridine rings is 1. The van der Waals surface area contributed by atoms with Crippen LogP contribution in [0.25, 0.3) is 11.0 Å². The molecule has 9 heteroatoms. The SMILES string of the molecule is CCCn1c(=O)[nH]c(=O)c2c(C(=O)N(C)Cc3ccc(OC)cc3OC)cc(C3CC3)nc21. The summed E-state index contributed by atoms with van der Waals surface area (Å²) in [7, 11) is 4.81. The van der Waals surface area contributed by atoms with E-state index in [1.807, 2.05) is 13.0 Å². The zero-order valence-corrected chi connectivity index (χ0v) is 19.3. The van der Waals surface area contributed by atoms with Gasteiger partial charge in [0.15, 0.2) is 5.65 Å². The minimum atomic E-state index is -0.601. The Labute approximate surface area is 191 Å². The molecule has 1 aliphatic carbocycles. The van der Waals surface area contributed by atoms with E-state index in [2.05, 4.69) is 9.97 Å². The van der Waals surface area contributed by atoms with E-state index in [0.29, 0.717) is 24.5 Å². The summed E-state index contributed by atoms with van der Waals surface area (Å²) < 4.78 is 12.2. The van der Waals surface area contributed by atoms with Crippen LogP contribution in [0.4, 0.5) is 0 Å². The average Bonchev–Trinajstić information content (AvgIpc) is 3.66. The number of benzene rings is 1. The summed E-state index contributed by atoms with van der Waals surface area (Å²) in [5.74, 6) is 1.17. The Morgan fingerprint density at radius 3 is 2.61 bits per heavy atom. The third-order valence-corrected chi connectivity index (χ3v) is 5.89. The normalized spacial score (nSPS) is 13.2. The molecule has 0 bridgehead atoms. The standard InChI is InChI=1S/C24H28N4O5/c1-5-10-28-21-20(22(29)26-24(28)31)17(12-18(25-21)14-6-7-14)23(30)27(2)13-15-8-9-16(32-3)11-19(15)33-4/h8-9,11-12,14H,5-7,10,13H2,1-4H3,(H,26,29,31). The number of amides is 1. The van der Waals surface area contributed by atoms with Gasteiger partial charge in [-0.3, -0.25) is 19.1 Å². The van der Waals surface area contributed by atoms with Crippen LogP contribution in [0.1, 0.15) is 53.7 Å². The van der Waals surface area contributed by atoms with Crippen molar-refractivity contribution in [2.24, 2.45) is 0 Å². The van der Waals surface area contributed by atoms with Crippen molar-refractivity contribution >= 4 is 16.9 Å². The van der Waals surface area contributed by atoms with Gasteiger partial charge in [0.25, 0.3) is 11.5 Å². The average molecular weight is 453 g/mol. The van der Waals surface area contributed by atoms with Crippen molar-refractivity contribution in [3.63, 3.8) is 0 Å². The van der Waals surface area contributed by atoms with Gasteiger partial charge in [-0.25, -0.2) is 9.78 Å². The van der Waals surface area contributed by atoms with Crippen LogP contribution in [0.2, 0.25) is 0 Å². The quantitative estimate of drug-likeness (QED) is 0.563. The number of fused-ring (bicyclic) bond motifs is 1. The maximum Gasteiger partial charge on any atom is 0.329 e. The Morgan fingerprint density at radius 1 is 1.21 bits per heavy atom. The van der Waals surface area contributed by atoms with Crippen molar-refractivity contribution in [1.82, 2.24) is 19.4 Å². The molecule has 1 aliphatic rings. The predicted octanol–water partition coefficient (Wildman–Crippen LogP) is 2.66. The summed E-state index contributed by atoms with van der Waals surface area (Å²) in [6.07, 6.45) is 2.65. The number of ether oxygens (including phenoxy) is 2. The molecule has 1 amide bonds. The molecule has 3 aromatic rings. The lowest BCUT2D eigenvalue weighted by Crippen LogP contribution is -2.34. The number of nitrogens with one attached hydrogen (secondary N) is 1. The maximum atomic E-state index is 13.6. The fraction of sp³-hybridized carbons (Fsp3) is 0.417. The summed E-state index contributed by atoms with van der Waals surface area (Å²) in [6, 6.07) is 7.11. The van der Waals surface area contributed by atoms with Gasteiger partial charge in [-0.1, -0.05) is 6.92 Å². The number of hydrogen-bond acceptors (Lipinski definition) is 6. The van der Waals surface area contributed by atoms with Gasteiger partial charge in [-0.2, -0.15) is 0 Å². The second-order valence-electron chi connectivity index (χ2n) is 8.32. The van der Waals surface area contributed by atoms with E-state index in [1.54, 1.807) is 39.5 Å². The fourth-order valence-electron chi connectivity index (χ4n) is 4.00. The smallest absolute Gasteiger partial charge is 0.329 e. The first kappa shape index (κ1) is 22.6. The third-order valence-electron chi connectivity index (χ3n) is 5.89. The van der Waals surface area contributed by atoms with Crippen molar-refractivity contribution in [3.8, 4) is 11.5 Å². The van der Waals surface area contributed by atoms with Crippen LogP contribution in [0, 0.1) is 0 Å². The van der Waals surface area contributed by atoms with E-state index in [4.69, 9.17) is 9.47 Å². The van der Waals surface area contributed by atoms with Crippen molar-refractivity contribution in [1.29, 1.82) is 0 Å². The summed E-state index contributed by atoms with van der Waals surface area (Å²) in [4.78, 5) is 47.4. The topological polar surface area (TPSA) is 107 Å². The summed E-state index contributed by atoms with van der Waals surface area (Å²) in [5, 5.41) is 0.144. The molecule has 1 fully saturated rings. The molecule has 33 heavy (non-hydrogen) atoms. The van der Waals surface area contributed by atoms with E-state index >= 15 is 0 Å². The van der Waals surface area contributed by atoms with Crippen LogP contribution in [-0.4, -0.2) is 46.6 Å². The minimum absolute atomic E-state index is 0.144. The van der Waals surface area contributed by atoms with Gasteiger partial charge in [0, 0.05) is 43.4 Å². The third kappa shape index (κ3) is 4.35. The Balaban J connectivity index is 1.80. The molecule has 0 atom stereocenters. The summed E-state index contributed by atoms with van der Waals surface area (Å²) >= 11 is 0. The van der Waals surface area contributed by atoms with Crippen molar-refractivity contribution in [2.45, 2.75) is 45.2 Å². The molecular formula is C24H28N4O5. The molecule has 4 rings (SSSR count). The highest BCUT2D eigenvalue weighted by Crippen LogP contribution is 2.40. The van der Waals surface area contributed by atoms with E-state index in [-0.39, 0.29) is 35.0 Å². The monoisotopic (exact) mass is 452 g/mol. The lowest BCUT2D eigenvalue weighted by atomic mass is 10.1. The molecule has 1 saturated carbocycles. The van der Waals surface area contributed by atoms with Crippen molar-refractivity contribution in [2.75, 3.05) is 21.3 Å². The number of H-pyrrole nitrogens is 1. The van der Waals surface area contributed by atoms with E-state index in [9.17, 15) is 14.4 Å². The number of aryl methyl sites for hydroxylation is 1. The molecule has 1 aromatic carbocycles.